The van der Waals surface area contributed by atoms with Crippen molar-refractivity contribution >= 4 is 5.97 Å². The van der Waals surface area contributed by atoms with E-state index in [1.54, 1.807) is 6.92 Å². The van der Waals surface area contributed by atoms with Crippen LogP contribution in [0.15, 0.2) is 11.1 Å². The number of ether oxygens (including phenoxy) is 9. The predicted octanol–water partition coefficient (Wildman–Crippen LogP) is -2.12. The summed E-state index contributed by atoms with van der Waals surface area (Å²) in [5.74, 6) is -0.543. The molecular weight excluding hydrogens is 1000 g/mol. The van der Waals surface area contributed by atoms with Crippen molar-refractivity contribution in [2.75, 3.05) is 19.8 Å². The molecule has 6 saturated heterocycles. The van der Waals surface area contributed by atoms with Crippen LogP contribution in [0.25, 0.3) is 0 Å². The van der Waals surface area contributed by atoms with E-state index in [0.717, 1.165) is 24.0 Å². The summed E-state index contributed by atoms with van der Waals surface area (Å²) < 4.78 is 55.5. The molecule has 5 aliphatic carbocycles. The highest BCUT2D eigenvalue weighted by Gasteiger charge is 2.75. The van der Waals surface area contributed by atoms with Crippen LogP contribution in [0.5, 0.6) is 0 Å². The minimum absolute atomic E-state index is 0.0530. The summed E-state index contributed by atoms with van der Waals surface area (Å²) in [4.78, 5) is 13.9. The van der Waals surface area contributed by atoms with Crippen LogP contribution in [0, 0.1) is 38.9 Å². The normalized spacial score (nSPS) is 57.0. The van der Waals surface area contributed by atoms with Crippen LogP contribution in [0.2, 0.25) is 0 Å². The summed E-state index contributed by atoms with van der Waals surface area (Å²) >= 11 is 0. The van der Waals surface area contributed by atoms with Gasteiger partial charge in [0.2, 0.25) is 0 Å². The molecule has 0 unspecified atom stereocenters. The van der Waals surface area contributed by atoms with Gasteiger partial charge in [-0.3, -0.25) is 4.79 Å². The number of aliphatic hydroxyl groups is 13. The number of rotatable bonds is 10. The lowest BCUT2D eigenvalue weighted by molar-refractivity contribution is -0.401. The Bertz CT molecular complexity index is 2200. The second-order valence-corrected chi connectivity index (χ2v) is 25.9. The predicted molar refractivity (Wildman–Crippen MR) is 256 cm³/mol. The fraction of sp³-hybridized carbons (Fsp3) is 0.943. The Hall–Kier alpha value is -1.63. The van der Waals surface area contributed by atoms with E-state index in [1.165, 1.54) is 6.92 Å². The Morgan fingerprint density at radius 3 is 1.80 bits per heavy atom. The molecule has 0 aromatic heterocycles. The number of aliphatic hydroxyl groups excluding tert-OH is 12. The summed E-state index contributed by atoms with van der Waals surface area (Å²) in [6.07, 6.45) is -28.4. The average molecular weight is 1090 g/mol. The van der Waals surface area contributed by atoms with Crippen LogP contribution in [-0.2, 0) is 47.4 Å². The lowest BCUT2D eigenvalue weighted by Crippen LogP contribution is -2.72. The Balaban J connectivity index is 0.946. The van der Waals surface area contributed by atoms with Gasteiger partial charge in [0.25, 0.3) is 0 Å². The maximum atomic E-state index is 13.9. The van der Waals surface area contributed by atoms with Crippen molar-refractivity contribution in [2.24, 2.45) is 38.9 Å². The first-order valence-electron chi connectivity index (χ1n) is 27.4. The molecule has 23 nitrogen and oxygen atoms in total. The molecule has 0 aromatic carbocycles. The van der Waals surface area contributed by atoms with Gasteiger partial charge in [-0.15, -0.1) is 0 Å². The molecule has 10 fully saturated rings. The molecule has 13 N–H and O–H groups in total. The average Bonchev–Trinajstić information content (AvgIpc) is 3.56. The number of esters is 1. The van der Waals surface area contributed by atoms with E-state index in [9.17, 15) is 71.2 Å². The van der Waals surface area contributed by atoms with Gasteiger partial charge in [0.05, 0.1) is 43.5 Å². The molecule has 29 atom stereocenters. The van der Waals surface area contributed by atoms with Crippen LogP contribution in [0.4, 0.5) is 0 Å². The van der Waals surface area contributed by atoms with E-state index >= 15 is 0 Å². The van der Waals surface area contributed by atoms with Crippen molar-refractivity contribution in [3.8, 4) is 0 Å². The largest absolute Gasteiger partial charge is 0.455 e. The molecule has 0 radical (unpaired) electrons. The lowest BCUT2D eigenvalue weighted by Gasteiger charge is -2.73. The van der Waals surface area contributed by atoms with Crippen molar-refractivity contribution in [3.63, 3.8) is 0 Å². The zero-order valence-electron chi connectivity index (χ0n) is 44.7. The molecule has 434 valence electrons. The zero-order valence-corrected chi connectivity index (χ0v) is 44.7. The molecule has 0 aromatic rings. The van der Waals surface area contributed by atoms with E-state index in [4.69, 9.17) is 42.6 Å². The summed E-state index contributed by atoms with van der Waals surface area (Å²) in [6.45, 7) is 13.9. The SMILES string of the molecule is C[C@@H]1O[C@@H](O[C@H]2[C@H](O[C@H]3CC[C@]4(C)[C@H]5[C@@H](O)CC6=C7[C@]8(CC[C@](C)(OC8=O)[C@@]7(C)O)CC[C@@]6(C)[C@]5(C)CC[C@H]4C3(C)C)OC[C@H](O)[C@@H]2O[C@@H]2O[C@H](CO)[C@@H](O)[C@H](O)[C@H]2O[C@@H]2O[C@H](CO)[C@@H](O)[C@H](O)[C@H]2O)[C@H](O)[C@H](O)[C@H]1O. The van der Waals surface area contributed by atoms with Gasteiger partial charge < -0.3 is 109 Å². The third-order valence-corrected chi connectivity index (χ3v) is 21.7. The molecule has 11 rings (SSSR count). The molecule has 4 saturated carbocycles. The second kappa shape index (κ2) is 19.8. The zero-order chi connectivity index (χ0) is 55.4. The Kier molecular flexibility index (Phi) is 15.0. The number of hydrogen-bond donors (Lipinski definition) is 13. The maximum absolute atomic E-state index is 13.9. The van der Waals surface area contributed by atoms with Crippen molar-refractivity contribution in [1.29, 1.82) is 0 Å². The van der Waals surface area contributed by atoms with Crippen LogP contribution < -0.4 is 0 Å². The Labute approximate surface area is 441 Å². The highest BCUT2D eigenvalue weighted by Crippen LogP contribution is 2.77. The minimum Gasteiger partial charge on any atom is -0.455 e. The van der Waals surface area contributed by atoms with Crippen LogP contribution in [0.3, 0.4) is 0 Å². The first kappa shape index (κ1) is 57.6. The lowest BCUT2D eigenvalue weighted by atomic mass is 9.33. The summed E-state index contributed by atoms with van der Waals surface area (Å²) in [7, 11) is 0. The van der Waals surface area contributed by atoms with Crippen molar-refractivity contribution in [3.05, 3.63) is 11.1 Å². The topological polar surface area (TPSA) is 363 Å². The number of fused-ring (bicyclic) bond motifs is 7. The molecule has 6 aliphatic heterocycles. The quantitative estimate of drug-likeness (QED) is 0.0632. The molecule has 1 spiro atoms. The van der Waals surface area contributed by atoms with Gasteiger partial charge in [0.15, 0.2) is 25.2 Å². The molecule has 76 heavy (non-hydrogen) atoms. The summed E-state index contributed by atoms with van der Waals surface area (Å²) in [5, 5.41) is 144. The highest BCUT2D eigenvalue weighted by atomic mass is 16.8. The van der Waals surface area contributed by atoms with Crippen molar-refractivity contribution in [2.45, 2.75) is 253 Å². The van der Waals surface area contributed by atoms with E-state index in [1.807, 2.05) is 6.92 Å². The van der Waals surface area contributed by atoms with Gasteiger partial charge in [0.1, 0.15) is 96.7 Å². The standard InChI is InChI=1S/C53H84O23/c1-21-29(58)32(61)35(64)42(69-21)75-39-37(73-45-38(34(63)31(60)26(19-55)71-45)74-43-36(65)33(62)30(59)25(18-54)70-43)24(57)20-68-44(39)72-28-10-11-48(4)27(47(28,2)3)9-12-50(6)41(48)23(56)17-22-40-52(8,67)51(7)14-16-53(40,46(66)76-51)15-13-49(22,50)5/h21,23-39,41-45,54-65,67H,9-20H2,1-8H3/t21-,23-,24-,25+,26+,27-,28-,29-,30+,31+,32+,33-,34-,35+,36+,37-,38+,39+,41+,42-,43-,44-,45-,48-,49+,50+,51-,52-,53+/m0/s1. The molecule has 0 amide bonds. The van der Waals surface area contributed by atoms with Gasteiger partial charge in [-0.25, -0.2) is 0 Å². The van der Waals surface area contributed by atoms with E-state index < -0.39 is 187 Å². The van der Waals surface area contributed by atoms with Gasteiger partial charge in [-0.05, 0) is 118 Å². The third-order valence-electron chi connectivity index (χ3n) is 21.7. The molecule has 11 aliphatic rings. The number of hydrogen-bond acceptors (Lipinski definition) is 23. The van der Waals surface area contributed by atoms with Gasteiger partial charge in [-0.1, -0.05) is 40.2 Å². The fourth-order valence-electron chi connectivity index (χ4n) is 16.9. The molecule has 6 heterocycles. The van der Waals surface area contributed by atoms with Crippen LogP contribution in [-0.4, -0.2) is 232 Å². The van der Waals surface area contributed by atoms with Crippen LogP contribution >= 0.6 is 0 Å². The van der Waals surface area contributed by atoms with Gasteiger partial charge in [-0.2, -0.15) is 0 Å². The second-order valence-electron chi connectivity index (χ2n) is 25.9. The Morgan fingerprint density at radius 1 is 0.579 bits per heavy atom. The first-order valence-corrected chi connectivity index (χ1v) is 27.4. The molecule has 2 bridgehead atoms. The van der Waals surface area contributed by atoms with Crippen LogP contribution in [0.1, 0.15) is 113 Å². The van der Waals surface area contributed by atoms with E-state index in [2.05, 4.69) is 34.6 Å². The van der Waals surface area contributed by atoms with Crippen molar-refractivity contribution < 1.29 is 114 Å². The summed E-state index contributed by atoms with van der Waals surface area (Å²) in [5.41, 5.74) is -3.72. The van der Waals surface area contributed by atoms with E-state index in [0.29, 0.717) is 44.9 Å². The maximum Gasteiger partial charge on any atom is 0.316 e. The first-order chi connectivity index (χ1) is 35.5. The highest BCUT2D eigenvalue weighted by molar-refractivity contribution is 5.86. The smallest absolute Gasteiger partial charge is 0.316 e. The minimum atomic E-state index is -1.97. The number of carbonyl (C=O) groups excluding carboxylic acids is 1. The molecular formula is C53H84O23. The monoisotopic (exact) mass is 1090 g/mol. The molecule has 23 heteroatoms. The number of carbonyl (C=O) groups is 1. The van der Waals surface area contributed by atoms with Gasteiger partial charge >= 0.3 is 5.97 Å². The Morgan fingerprint density at radius 2 is 1.16 bits per heavy atom. The van der Waals surface area contributed by atoms with Crippen molar-refractivity contribution in [1.82, 2.24) is 0 Å². The van der Waals surface area contributed by atoms with Gasteiger partial charge in [0, 0.05) is 0 Å². The third kappa shape index (κ3) is 8.33. The fourth-order valence-corrected chi connectivity index (χ4v) is 16.9. The van der Waals surface area contributed by atoms with E-state index in [-0.39, 0.29) is 17.8 Å². The summed E-state index contributed by atoms with van der Waals surface area (Å²) in [6, 6.07) is 0.